The first-order chi connectivity index (χ1) is 11.0. The van der Waals surface area contributed by atoms with Crippen molar-refractivity contribution in [1.29, 1.82) is 0 Å². The van der Waals surface area contributed by atoms with Crippen LogP contribution in [0.3, 0.4) is 0 Å². The fraction of sp³-hybridized carbons (Fsp3) is 0.278. The molecule has 2 N–H and O–H groups in total. The molecule has 0 saturated carbocycles. The number of carbonyl (C=O) groups excluding carboxylic acids is 1. The molecular weight excluding hydrogens is 356 g/mol. The number of benzene rings is 2. The Hall–Kier alpha value is -1.85. The summed E-state index contributed by atoms with van der Waals surface area (Å²) in [5.74, 6) is 0.667. The molecule has 0 radical (unpaired) electrons. The summed E-state index contributed by atoms with van der Waals surface area (Å²) in [6.45, 7) is 0.448. The van der Waals surface area contributed by atoms with Crippen LogP contribution in [0.25, 0.3) is 0 Å². The molecule has 0 aliphatic rings. The van der Waals surface area contributed by atoms with Gasteiger partial charge in [0.05, 0.1) is 13.2 Å². The predicted octanol–water partition coefficient (Wildman–Crippen LogP) is 2.99. The molecule has 0 saturated heterocycles. The van der Waals surface area contributed by atoms with Crippen LogP contribution in [0.1, 0.15) is 11.1 Å². The Morgan fingerprint density at radius 3 is 2.61 bits per heavy atom. The standard InChI is InChI=1S/C18H21BrN2O2/c1-21(12-14-11-15(19)8-9-17(14)23-2)18(22)16(20)10-13-6-4-3-5-7-13/h3-9,11,16H,10,12,20H2,1-2H3/t16-/m0/s1. The van der Waals surface area contributed by atoms with Crippen LogP contribution in [0, 0.1) is 0 Å². The first kappa shape index (κ1) is 17.5. The van der Waals surface area contributed by atoms with Crippen LogP contribution in [-0.4, -0.2) is 31.0 Å². The summed E-state index contributed by atoms with van der Waals surface area (Å²) >= 11 is 3.44. The SMILES string of the molecule is COc1ccc(Br)cc1CN(C)C(=O)[C@@H](N)Cc1ccccc1. The number of likely N-dealkylation sites (N-methyl/N-ethyl adjacent to an activating group) is 1. The number of rotatable bonds is 6. The van der Waals surface area contributed by atoms with Gasteiger partial charge in [-0.15, -0.1) is 0 Å². The molecule has 0 aromatic heterocycles. The molecule has 2 aromatic rings. The van der Waals surface area contributed by atoms with E-state index >= 15 is 0 Å². The highest BCUT2D eigenvalue weighted by atomic mass is 79.9. The van der Waals surface area contributed by atoms with E-state index in [1.165, 1.54) is 0 Å². The lowest BCUT2D eigenvalue weighted by Crippen LogP contribution is -2.42. The molecule has 1 amide bonds. The van der Waals surface area contributed by atoms with Crippen molar-refractivity contribution in [2.45, 2.75) is 19.0 Å². The minimum atomic E-state index is -0.555. The molecule has 2 aromatic carbocycles. The zero-order chi connectivity index (χ0) is 16.8. The van der Waals surface area contributed by atoms with Crippen molar-refractivity contribution in [3.8, 4) is 5.75 Å². The number of nitrogens with zero attached hydrogens (tertiary/aromatic N) is 1. The molecule has 0 aliphatic carbocycles. The maximum Gasteiger partial charge on any atom is 0.239 e. The summed E-state index contributed by atoms with van der Waals surface area (Å²) in [5, 5.41) is 0. The Labute approximate surface area is 145 Å². The quantitative estimate of drug-likeness (QED) is 0.842. The van der Waals surface area contributed by atoms with Crippen molar-refractivity contribution in [2.24, 2.45) is 5.73 Å². The molecule has 122 valence electrons. The maximum absolute atomic E-state index is 12.5. The Morgan fingerprint density at radius 1 is 1.26 bits per heavy atom. The highest BCUT2D eigenvalue weighted by Crippen LogP contribution is 2.24. The van der Waals surface area contributed by atoms with Crippen LogP contribution in [0.2, 0.25) is 0 Å². The summed E-state index contributed by atoms with van der Waals surface area (Å²) in [7, 11) is 3.38. The lowest BCUT2D eigenvalue weighted by molar-refractivity contribution is -0.131. The van der Waals surface area contributed by atoms with E-state index in [0.717, 1.165) is 21.3 Å². The number of hydrogen-bond acceptors (Lipinski definition) is 3. The van der Waals surface area contributed by atoms with E-state index in [4.69, 9.17) is 10.5 Å². The fourth-order valence-corrected chi connectivity index (χ4v) is 2.85. The average Bonchev–Trinajstić information content (AvgIpc) is 2.55. The van der Waals surface area contributed by atoms with Crippen molar-refractivity contribution >= 4 is 21.8 Å². The van der Waals surface area contributed by atoms with Gasteiger partial charge in [-0.05, 0) is 30.2 Å². The van der Waals surface area contributed by atoms with Crippen LogP contribution >= 0.6 is 15.9 Å². The molecule has 0 aliphatic heterocycles. The van der Waals surface area contributed by atoms with Gasteiger partial charge in [0.15, 0.2) is 0 Å². The van der Waals surface area contributed by atoms with Crippen molar-refractivity contribution in [3.05, 3.63) is 64.1 Å². The maximum atomic E-state index is 12.5. The lowest BCUT2D eigenvalue weighted by atomic mass is 10.1. The fourth-order valence-electron chi connectivity index (χ4n) is 2.44. The largest absolute Gasteiger partial charge is 0.496 e. The minimum Gasteiger partial charge on any atom is -0.496 e. The number of ether oxygens (including phenoxy) is 1. The van der Waals surface area contributed by atoms with E-state index in [9.17, 15) is 4.79 Å². The number of halogens is 1. The second kappa shape index (κ2) is 8.13. The summed E-state index contributed by atoms with van der Waals surface area (Å²) in [4.78, 5) is 14.1. The third-order valence-electron chi connectivity index (χ3n) is 3.64. The second-order valence-corrected chi connectivity index (χ2v) is 6.36. The zero-order valence-corrected chi connectivity index (χ0v) is 14.9. The Bertz CT molecular complexity index is 661. The van der Waals surface area contributed by atoms with Crippen molar-refractivity contribution in [2.75, 3.05) is 14.2 Å². The van der Waals surface area contributed by atoms with Gasteiger partial charge < -0.3 is 15.4 Å². The molecule has 2 rings (SSSR count). The van der Waals surface area contributed by atoms with Gasteiger partial charge in [0, 0.05) is 23.6 Å². The van der Waals surface area contributed by atoms with Gasteiger partial charge in [-0.3, -0.25) is 4.79 Å². The molecular formula is C18H21BrN2O2. The minimum absolute atomic E-state index is 0.0871. The van der Waals surface area contributed by atoms with E-state index < -0.39 is 6.04 Å². The van der Waals surface area contributed by atoms with Gasteiger partial charge in [-0.2, -0.15) is 0 Å². The van der Waals surface area contributed by atoms with Gasteiger partial charge in [0.2, 0.25) is 5.91 Å². The predicted molar refractivity (Wildman–Crippen MR) is 95.3 cm³/mol. The van der Waals surface area contributed by atoms with Crippen LogP contribution < -0.4 is 10.5 Å². The number of hydrogen-bond donors (Lipinski definition) is 1. The van der Waals surface area contributed by atoms with Crippen molar-refractivity contribution < 1.29 is 9.53 Å². The summed E-state index contributed by atoms with van der Waals surface area (Å²) in [6.07, 6.45) is 0.527. The molecule has 1 atom stereocenters. The molecule has 4 nitrogen and oxygen atoms in total. The first-order valence-electron chi connectivity index (χ1n) is 7.38. The van der Waals surface area contributed by atoms with Crippen LogP contribution in [-0.2, 0) is 17.8 Å². The summed E-state index contributed by atoms with van der Waals surface area (Å²) < 4.78 is 6.29. The summed E-state index contributed by atoms with van der Waals surface area (Å²) in [6, 6.07) is 15.0. The third kappa shape index (κ3) is 4.81. The van der Waals surface area contributed by atoms with Crippen molar-refractivity contribution in [1.82, 2.24) is 4.90 Å². The molecule has 0 unspecified atom stereocenters. The van der Waals surface area contributed by atoms with Crippen molar-refractivity contribution in [3.63, 3.8) is 0 Å². The monoisotopic (exact) mass is 376 g/mol. The van der Waals surface area contributed by atoms with Gasteiger partial charge in [-0.1, -0.05) is 46.3 Å². The van der Waals surface area contributed by atoms with Crippen LogP contribution in [0.15, 0.2) is 53.0 Å². The second-order valence-electron chi connectivity index (χ2n) is 5.45. The van der Waals surface area contributed by atoms with Crippen LogP contribution in [0.5, 0.6) is 5.75 Å². The molecule has 5 heteroatoms. The molecule has 0 spiro atoms. The van der Waals surface area contributed by atoms with E-state index in [-0.39, 0.29) is 5.91 Å². The lowest BCUT2D eigenvalue weighted by Gasteiger charge is -2.22. The average molecular weight is 377 g/mol. The van der Waals surface area contributed by atoms with E-state index in [2.05, 4.69) is 15.9 Å². The zero-order valence-electron chi connectivity index (χ0n) is 13.3. The normalized spacial score (nSPS) is 11.8. The molecule has 0 fully saturated rings. The molecule has 0 bridgehead atoms. The number of nitrogens with two attached hydrogens (primary N) is 1. The van der Waals surface area contributed by atoms with Gasteiger partial charge >= 0.3 is 0 Å². The molecule has 23 heavy (non-hydrogen) atoms. The smallest absolute Gasteiger partial charge is 0.239 e. The van der Waals surface area contributed by atoms with Crippen LogP contribution in [0.4, 0.5) is 0 Å². The first-order valence-corrected chi connectivity index (χ1v) is 8.17. The van der Waals surface area contributed by atoms with Gasteiger partial charge in [0.1, 0.15) is 5.75 Å². The molecule has 0 heterocycles. The Kier molecular flexibility index (Phi) is 6.19. The highest BCUT2D eigenvalue weighted by molar-refractivity contribution is 9.10. The Morgan fingerprint density at radius 2 is 1.96 bits per heavy atom. The number of carbonyl (C=O) groups is 1. The Balaban J connectivity index is 2.03. The van der Waals surface area contributed by atoms with E-state index in [0.29, 0.717) is 13.0 Å². The number of amides is 1. The van der Waals surface area contributed by atoms with E-state index in [1.807, 2.05) is 48.5 Å². The highest BCUT2D eigenvalue weighted by Gasteiger charge is 2.19. The topological polar surface area (TPSA) is 55.6 Å². The van der Waals surface area contributed by atoms with Gasteiger partial charge in [0.25, 0.3) is 0 Å². The summed E-state index contributed by atoms with van der Waals surface area (Å²) in [5.41, 5.74) is 8.06. The van der Waals surface area contributed by atoms with Gasteiger partial charge in [-0.25, -0.2) is 0 Å². The van der Waals surface area contributed by atoms with E-state index in [1.54, 1.807) is 19.1 Å². The third-order valence-corrected chi connectivity index (χ3v) is 4.14. The number of methoxy groups -OCH3 is 1.